The lowest BCUT2D eigenvalue weighted by Crippen LogP contribution is -2.32. The third-order valence-corrected chi connectivity index (χ3v) is 3.31. The highest BCUT2D eigenvalue weighted by Gasteiger charge is 2.04. The van der Waals surface area contributed by atoms with Crippen LogP contribution in [0.3, 0.4) is 0 Å². The summed E-state index contributed by atoms with van der Waals surface area (Å²) in [5.41, 5.74) is 2.54. The van der Waals surface area contributed by atoms with Crippen molar-refractivity contribution >= 4 is 16.7 Å². The molecule has 19 heavy (non-hydrogen) atoms. The average molecular weight is 256 g/mol. The number of hydrazine groups is 1. The number of nitrogens with zero attached hydrogens (tertiary/aromatic N) is 1. The molecule has 2 aromatic rings. The molecule has 0 radical (unpaired) electrons. The first-order chi connectivity index (χ1) is 9.06. The molecule has 0 saturated carbocycles. The maximum Gasteiger partial charge on any atom is 0.236 e. The summed E-state index contributed by atoms with van der Waals surface area (Å²) in [5.74, 6) is 5.37. The van der Waals surface area contributed by atoms with E-state index in [0.717, 1.165) is 17.9 Å². The highest BCUT2D eigenvalue weighted by Crippen LogP contribution is 2.18. The monoisotopic (exact) mass is 256 g/mol. The number of nitrogens with two attached hydrogens (primary N) is 1. The fourth-order valence-corrected chi connectivity index (χ4v) is 2.19. The van der Waals surface area contributed by atoms with Crippen molar-refractivity contribution in [1.82, 2.24) is 5.01 Å². The van der Waals surface area contributed by atoms with Gasteiger partial charge in [-0.25, -0.2) is 5.84 Å². The van der Waals surface area contributed by atoms with Gasteiger partial charge in [0.15, 0.2) is 0 Å². The Bertz CT molecular complexity index is 590. The van der Waals surface area contributed by atoms with Gasteiger partial charge in [-0.3, -0.25) is 9.80 Å². The van der Waals surface area contributed by atoms with Crippen LogP contribution in [-0.2, 0) is 11.2 Å². The number of carbonyl (C=O) groups is 1. The van der Waals surface area contributed by atoms with E-state index in [1.807, 2.05) is 0 Å². The van der Waals surface area contributed by atoms with E-state index in [4.69, 9.17) is 5.84 Å². The second-order valence-electron chi connectivity index (χ2n) is 5.04. The third kappa shape index (κ3) is 3.55. The smallest absolute Gasteiger partial charge is 0.236 e. The first-order valence-electron chi connectivity index (χ1n) is 6.57. The van der Waals surface area contributed by atoms with Crippen LogP contribution in [0.4, 0.5) is 0 Å². The third-order valence-electron chi connectivity index (χ3n) is 3.31. The van der Waals surface area contributed by atoms with Crippen LogP contribution in [0.1, 0.15) is 24.0 Å². The normalized spacial score (nSPS) is 10.7. The predicted octanol–water partition coefficient (Wildman–Crippen LogP) is 2.80. The molecular formula is C16H20N2O. The van der Waals surface area contributed by atoms with Crippen molar-refractivity contribution in [3.8, 4) is 0 Å². The van der Waals surface area contributed by atoms with E-state index in [2.05, 4.69) is 43.3 Å². The maximum absolute atomic E-state index is 11.4. The first-order valence-corrected chi connectivity index (χ1v) is 6.57. The molecule has 0 fully saturated rings. The summed E-state index contributed by atoms with van der Waals surface area (Å²) in [7, 11) is 1.58. The van der Waals surface area contributed by atoms with E-state index < -0.39 is 0 Å². The molecule has 0 aliphatic rings. The van der Waals surface area contributed by atoms with E-state index in [-0.39, 0.29) is 5.91 Å². The van der Waals surface area contributed by atoms with E-state index in [1.165, 1.54) is 21.9 Å². The van der Waals surface area contributed by atoms with Gasteiger partial charge in [-0.15, -0.1) is 0 Å². The largest absolute Gasteiger partial charge is 0.284 e. The summed E-state index contributed by atoms with van der Waals surface area (Å²) in [6, 6.07) is 12.9. The number of hydrogen-bond donors (Lipinski definition) is 1. The lowest BCUT2D eigenvalue weighted by atomic mass is 10.0. The highest BCUT2D eigenvalue weighted by molar-refractivity contribution is 5.83. The van der Waals surface area contributed by atoms with E-state index in [0.29, 0.717) is 6.42 Å². The van der Waals surface area contributed by atoms with Gasteiger partial charge in [0, 0.05) is 13.5 Å². The quantitative estimate of drug-likeness (QED) is 0.519. The predicted molar refractivity (Wildman–Crippen MR) is 78.6 cm³/mol. The van der Waals surface area contributed by atoms with Crippen molar-refractivity contribution in [3.63, 3.8) is 0 Å². The van der Waals surface area contributed by atoms with Gasteiger partial charge in [0.25, 0.3) is 0 Å². The van der Waals surface area contributed by atoms with Gasteiger partial charge in [0.05, 0.1) is 0 Å². The minimum absolute atomic E-state index is 0.0172. The highest BCUT2D eigenvalue weighted by atomic mass is 16.2. The molecule has 0 spiro atoms. The van der Waals surface area contributed by atoms with Crippen molar-refractivity contribution in [2.45, 2.75) is 26.2 Å². The number of fused-ring (bicyclic) bond motifs is 1. The van der Waals surface area contributed by atoms with Gasteiger partial charge in [-0.1, -0.05) is 42.0 Å². The molecule has 2 N–H and O–H groups in total. The maximum atomic E-state index is 11.4. The first kappa shape index (κ1) is 13.6. The van der Waals surface area contributed by atoms with Crippen LogP contribution in [0.2, 0.25) is 0 Å². The van der Waals surface area contributed by atoms with Crippen LogP contribution in [0.25, 0.3) is 10.8 Å². The Kier molecular flexibility index (Phi) is 4.17. The molecule has 3 heteroatoms. The Morgan fingerprint density at radius 3 is 2.58 bits per heavy atom. The fourth-order valence-electron chi connectivity index (χ4n) is 2.19. The summed E-state index contributed by atoms with van der Waals surface area (Å²) in [6.45, 7) is 2.10. The molecule has 2 aromatic carbocycles. The van der Waals surface area contributed by atoms with Gasteiger partial charge in [0.2, 0.25) is 5.91 Å². The summed E-state index contributed by atoms with van der Waals surface area (Å²) in [6.07, 6.45) is 2.24. The Hall–Kier alpha value is -1.87. The standard InChI is InChI=1S/C16H20N2O/c1-12-6-8-15-11-13(7-9-14(15)10-12)4-3-5-16(19)18(2)17/h6-11H,3-5,17H2,1-2H3. The SMILES string of the molecule is Cc1ccc2cc(CCCC(=O)N(C)N)ccc2c1. The summed E-state index contributed by atoms with van der Waals surface area (Å²) >= 11 is 0. The van der Waals surface area contributed by atoms with Crippen LogP contribution < -0.4 is 5.84 Å². The van der Waals surface area contributed by atoms with Crippen molar-refractivity contribution < 1.29 is 4.79 Å². The summed E-state index contributed by atoms with van der Waals surface area (Å²) < 4.78 is 0. The fraction of sp³-hybridized carbons (Fsp3) is 0.312. The molecule has 100 valence electrons. The van der Waals surface area contributed by atoms with Crippen LogP contribution in [0.5, 0.6) is 0 Å². The topological polar surface area (TPSA) is 46.3 Å². The summed E-state index contributed by atoms with van der Waals surface area (Å²) in [5, 5.41) is 3.68. The number of aryl methyl sites for hydroxylation is 2. The summed E-state index contributed by atoms with van der Waals surface area (Å²) in [4.78, 5) is 11.4. The van der Waals surface area contributed by atoms with Crippen molar-refractivity contribution in [2.24, 2.45) is 5.84 Å². The average Bonchev–Trinajstić information content (AvgIpc) is 2.38. The van der Waals surface area contributed by atoms with Crippen LogP contribution >= 0.6 is 0 Å². The Morgan fingerprint density at radius 2 is 1.84 bits per heavy atom. The minimum Gasteiger partial charge on any atom is -0.284 e. The second-order valence-corrected chi connectivity index (χ2v) is 5.04. The number of hydrogen-bond acceptors (Lipinski definition) is 2. The molecule has 3 nitrogen and oxygen atoms in total. The molecule has 0 aromatic heterocycles. The zero-order valence-electron chi connectivity index (χ0n) is 11.5. The second kappa shape index (κ2) is 5.85. The number of rotatable bonds is 4. The Morgan fingerprint density at radius 1 is 1.16 bits per heavy atom. The molecule has 0 atom stereocenters. The molecular weight excluding hydrogens is 236 g/mol. The zero-order valence-corrected chi connectivity index (χ0v) is 11.5. The molecule has 0 unspecified atom stereocenters. The van der Waals surface area contributed by atoms with Crippen LogP contribution in [0, 0.1) is 6.92 Å². The van der Waals surface area contributed by atoms with Crippen LogP contribution in [-0.4, -0.2) is 18.0 Å². The van der Waals surface area contributed by atoms with E-state index in [1.54, 1.807) is 7.05 Å². The Labute approximate surface area is 114 Å². The number of benzene rings is 2. The van der Waals surface area contributed by atoms with Crippen molar-refractivity contribution in [1.29, 1.82) is 0 Å². The molecule has 0 bridgehead atoms. The molecule has 2 rings (SSSR count). The zero-order chi connectivity index (χ0) is 13.8. The molecule has 0 aliphatic carbocycles. The molecule has 0 heterocycles. The van der Waals surface area contributed by atoms with Gasteiger partial charge >= 0.3 is 0 Å². The molecule has 0 aliphatic heterocycles. The van der Waals surface area contributed by atoms with Crippen molar-refractivity contribution in [2.75, 3.05) is 7.05 Å². The number of carbonyl (C=O) groups excluding carboxylic acids is 1. The molecule has 1 amide bonds. The van der Waals surface area contributed by atoms with E-state index >= 15 is 0 Å². The molecule has 0 saturated heterocycles. The lowest BCUT2D eigenvalue weighted by molar-refractivity contribution is -0.130. The van der Waals surface area contributed by atoms with Gasteiger partial charge < -0.3 is 0 Å². The lowest BCUT2D eigenvalue weighted by Gasteiger charge is -2.09. The van der Waals surface area contributed by atoms with Gasteiger partial charge in [-0.2, -0.15) is 0 Å². The van der Waals surface area contributed by atoms with Gasteiger partial charge in [-0.05, 0) is 36.1 Å². The Balaban J connectivity index is 2.02. The number of amides is 1. The van der Waals surface area contributed by atoms with Crippen molar-refractivity contribution in [3.05, 3.63) is 47.5 Å². The van der Waals surface area contributed by atoms with Gasteiger partial charge in [0.1, 0.15) is 0 Å². The van der Waals surface area contributed by atoms with Crippen LogP contribution in [0.15, 0.2) is 36.4 Å². The van der Waals surface area contributed by atoms with E-state index in [9.17, 15) is 4.79 Å². The minimum atomic E-state index is -0.0172.